The maximum Gasteiger partial charge on any atom is 0.254 e. The number of methoxy groups -OCH3 is 2. The molecule has 1 heterocycles. The van der Waals surface area contributed by atoms with Gasteiger partial charge in [0.1, 0.15) is 0 Å². The highest BCUT2D eigenvalue weighted by molar-refractivity contribution is 5.32. The van der Waals surface area contributed by atoms with E-state index in [0.717, 1.165) is 0 Å². The SMILES string of the molecule is COc1cc(C)nc(OC)c1F. The van der Waals surface area contributed by atoms with Gasteiger partial charge in [-0.15, -0.1) is 0 Å². The molecule has 0 saturated carbocycles. The molecular weight excluding hydrogens is 161 g/mol. The highest BCUT2D eigenvalue weighted by atomic mass is 19.1. The number of aromatic nitrogens is 1. The zero-order valence-electron chi connectivity index (χ0n) is 7.22. The number of hydrogen-bond acceptors (Lipinski definition) is 3. The number of pyridine rings is 1. The Morgan fingerprint density at radius 1 is 1.33 bits per heavy atom. The number of nitrogens with zero attached hydrogens (tertiary/aromatic N) is 1. The average molecular weight is 171 g/mol. The van der Waals surface area contributed by atoms with Crippen LogP contribution < -0.4 is 9.47 Å². The average Bonchev–Trinajstić information content (AvgIpc) is 2.08. The van der Waals surface area contributed by atoms with Gasteiger partial charge in [-0.3, -0.25) is 0 Å². The maximum atomic E-state index is 13.1. The fourth-order valence-electron chi connectivity index (χ4n) is 0.884. The fourth-order valence-corrected chi connectivity index (χ4v) is 0.884. The molecule has 0 aliphatic rings. The third kappa shape index (κ3) is 1.47. The van der Waals surface area contributed by atoms with Crippen LogP contribution in [0.15, 0.2) is 6.07 Å². The molecule has 0 atom stereocenters. The Kier molecular flexibility index (Phi) is 2.47. The Labute approximate surface area is 70.1 Å². The van der Waals surface area contributed by atoms with Crippen molar-refractivity contribution in [1.82, 2.24) is 4.98 Å². The first-order valence-electron chi connectivity index (χ1n) is 3.44. The molecule has 0 N–H and O–H groups in total. The van der Waals surface area contributed by atoms with E-state index in [1.165, 1.54) is 20.3 Å². The molecule has 1 aromatic heterocycles. The Morgan fingerprint density at radius 3 is 2.50 bits per heavy atom. The van der Waals surface area contributed by atoms with Crippen molar-refractivity contribution in [2.75, 3.05) is 14.2 Å². The number of aryl methyl sites for hydroxylation is 1. The largest absolute Gasteiger partial charge is 0.493 e. The van der Waals surface area contributed by atoms with Crippen LogP contribution in [-0.4, -0.2) is 19.2 Å². The van der Waals surface area contributed by atoms with Gasteiger partial charge in [-0.2, -0.15) is 4.39 Å². The molecule has 0 unspecified atom stereocenters. The highest BCUT2D eigenvalue weighted by Crippen LogP contribution is 2.24. The standard InChI is InChI=1S/C8H10FNO2/c1-5-4-6(11-2)7(9)8(10-5)12-3/h4H,1-3H3. The third-order valence-corrected chi connectivity index (χ3v) is 1.44. The van der Waals surface area contributed by atoms with E-state index >= 15 is 0 Å². The summed E-state index contributed by atoms with van der Waals surface area (Å²) in [5.74, 6) is -0.447. The molecule has 4 heteroatoms. The third-order valence-electron chi connectivity index (χ3n) is 1.44. The monoisotopic (exact) mass is 171 g/mol. The summed E-state index contributed by atoms with van der Waals surface area (Å²) in [7, 11) is 2.77. The van der Waals surface area contributed by atoms with Crippen LogP contribution in [0.3, 0.4) is 0 Å². The molecule has 0 amide bonds. The summed E-state index contributed by atoms with van der Waals surface area (Å²) in [6.45, 7) is 1.74. The highest BCUT2D eigenvalue weighted by Gasteiger charge is 2.11. The van der Waals surface area contributed by atoms with Crippen molar-refractivity contribution in [3.05, 3.63) is 17.6 Å². The molecule has 0 saturated heterocycles. The zero-order valence-corrected chi connectivity index (χ0v) is 7.22. The van der Waals surface area contributed by atoms with Crippen molar-refractivity contribution < 1.29 is 13.9 Å². The molecule has 0 aliphatic heterocycles. The molecule has 0 aliphatic carbocycles. The lowest BCUT2D eigenvalue weighted by atomic mass is 10.3. The second-order valence-corrected chi connectivity index (χ2v) is 2.29. The first kappa shape index (κ1) is 8.77. The van der Waals surface area contributed by atoms with Crippen LogP contribution in [0, 0.1) is 12.7 Å². The number of hydrogen-bond donors (Lipinski definition) is 0. The van der Waals surface area contributed by atoms with Crippen LogP contribution in [0.4, 0.5) is 4.39 Å². The topological polar surface area (TPSA) is 31.4 Å². The summed E-state index contributed by atoms with van der Waals surface area (Å²) >= 11 is 0. The normalized spacial score (nSPS) is 9.67. The van der Waals surface area contributed by atoms with E-state index in [0.29, 0.717) is 5.69 Å². The summed E-state index contributed by atoms with van der Waals surface area (Å²) in [5, 5.41) is 0. The van der Waals surface area contributed by atoms with Crippen molar-refractivity contribution >= 4 is 0 Å². The van der Waals surface area contributed by atoms with Crippen LogP contribution in [0.1, 0.15) is 5.69 Å². The van der Waals surface area contributed by atoms with E-state index in [2.05, 4.69) is 4.98 Å². The number of halogens is 1. The van der Waals surface area contributed by atoms with Crippen LogP contribution in [0.25, 0.3) is 0 Å². The molecule has 0 fully saturated rings. The van der Waals surface area contributed by atoms with Gasteiger partial charge >= 0.3 is 0 Å². The second-order valence-electron chi connectivity index (χ2n) is 2.29. The molecule has 66 valence electrons. The van der Waals surface area contributed by atoms with Gasteiger partial charge in [0.25, 0.3) is 5.88 Å². The minimum absolute atomic E-state index is 0.0353. The fraction of sp³-hybridized carbons (Fsp3) is 0.375. The predicted molar refractivity (Wildman–Crippen MR) is 42.0 cm³/mol. The Bertz CT molecular complexity index is 263. The van der Waals surface area contributed by atoms with Gasteiger partial charge in [0.05, 0.1) is 14.2 Å². The Hall–Kier alpha value is -1.32. The minimum atomic E-state index is -0.564. The smallest absolute Gasteiger partial charge is 0.254 e. The number of ether oxygens (including phenoxy) is 2. The van der Waals surface area contributed by atoms with E-state index < -0.39 is 5.82 Å². The lowest BCUT2D eigenvalue weighted by molar-refractivity contribution is 0.337. The van der Waals surface area contributed by atoms with Crippen molar-refractivity contribution in [3.8, 4) is 11.6 Å². The van der Waals surface area contributed by atoms with Crippen molar-refractivity contribution in [2.24, 2.45) is 0 Å². The maximum absolute atomic E-state index is 13.1. The first-order valence-corrected chi connectivity index (χ1v) is 3.44. The summed E-state index contributed by atoms with van der Waals surface area (Å²) in [6.07, 6.45) is 0. The predicted octanol–water partition coefficient (Wildman–Crippen LogP) is 1.55. The molecule has 0 spiro atoms. The van der Waals surface area contributed by atoms with Gasteiger partial charge in [-0.05, 0) is 6.92 Å². The summed E-state index contributed by atoms with van der Waals surface area (Å²) in [4.78, 5) is 3.82. The second kappa shape index (κ2) is 3.38. The van der Waals surface area contributed by atoms with Gasteiger partial charge < -0.3 is 9.47 Å². The summed E-state index contributed by atoms with van der Waals surface area (Å²) in [6, 6.07) is 1.51. The van der Waals surface area contributed by atoms with Crippen LogP contribution >= 0.6 is 0 Å². The van der Waals surface area contributed by atoms with Gasteiger partial charge in [-0.1, -0.05) is 0 Å². The Balaban J connectivity index is 3.22. The van der Waals surface area contributed by atoms with E-state index in [4.69, 9.17) is 9.47 Å². The van der Waals surface area contributed by atoms with Gasteiger partial charge in [0, 0.05) is 11.8 Å². The van der Waals surface area contributed by atoms with E-state index in [-0.39, 0.29) is 11.6 Å². The Morgan fingerprint density at radius 2 is 2.00 bits per heavy atom. The molecular formula is C8H10FNO2. The number of rotatable bonds is 2. The van der Waals surface area contributed by atoms with Crippen LogP contribution in [0.5, 0.6) is 11.6 Å². The molecule has 0 bridgehead atoms. The molecule has 12 heavy (non-hydrogen) atoms. The minimum Gasteiger partial charge on any atom is -0.493 e. The van der Waals surface area contributed by atoms with Crippen molar-refractivity contribution in [1.29, 1.82) is 0 Å². The van der Waals surface area contributed by atoms with Crippen LogP contribution in [-0.2, 0) is 0 Å². The van der Waals surface area contributed by atoms with Crippen LogP contribution in [0.2, 0.25) is 0 Å². The molecule has 1 rings (SSSR count). The molecule has 3 nitrogen and oxygen atoms in total. The molecule has 0 aromatic carbocycles. The van der Waals surface area contributed by atoms with E-state index in [1.54, 1.807) is 6.92 Å². The van der Waals surface area contributed by atoms with Crippen molar-refractivity contribution in [3.63, 3.8) is 0 Å². The quantitative estimate of drug-likeness (QED) is 0.676. The lowest BCUT2D eigenvalue weighted by Crippen LogP contribution is -1.97. The van der Waals surface area contributed by atoms with Crippen molar-refractivity contribution in [2.45, 2.75) is 6.92 Å². The van der Waals surface area contributed by atoms with Gasteiger partial charge in [-0.25, -0.2) is 4.98 Å². The van der Waals surface area contributed by atoms with Gasteiger partial charge in [0.15, 0.2) is 5.75 Å². The van der Waals surface area contributed by atoms with E-state index in [9.17, 15) is 4.39 Å². The summed E-state index contributed by atoms with van der Waals surface area (Å²) in [5.41, 5.74) is 0.658. The van der Waals surface area contributed by atoms with Gasteiger partial charge in [0.2, 0.25) is 5.82 Å². The lowest BCUT2D eigenvalue weighted by Gasteiger charge is -2.06. The first-order chi connectivity index (χ1) is 5.69. The molecule has 1 aromatic rings. The van der Waals surface area contributed by atoms with E-state index in [1.807, 2.05) is 0 Å². The molecule has 0 radical (unpaired) electrons. The zero-order chi connectivity index (χ0) is 9.14. The summed E-state index contributed by atoms with van der Waals surface area (Å²) < 4.78 is 22.6.